The summed E-state index contributed by atoms with van der Waals surface area (Å²) in [6.45, 7) is 6.04. The SMILES string of the molecule is COc1ccc(CC(=O)N2CCN(C(=O)NC(C)C)CC2)c(OC)c1. The molecule has 2 rings (SSSR count). The number of benzene rings is 1. The molecule has 1 heterocycles. The molecule has 1 aliphatic heterocycles. The largest absolute Gasteiger partial charge is 0.497 e. The minimum absolute atomic E-state index is 0.0346. The van der Waals surface area contributed by atoms with E-state index in [9.17, 15) is 9.59 Å². The van der Waals surface area contributed by atoms with Crippen molar-refractivity contribution in [3.05, 3.63) is 23.8 Å². The molecule has 138 valence electrons. The summed E-state index contributed by atoms with van der Waals surface area (Å²) in [5.41, 5.74) is 0.827. The topological polar surface area (TPSA) is 71.1 Å². The highest BCUT2D eigenvalue weighted by Gasteiger charge is 2.25. The summed E-state index contributed by atoms with van der Waals surface area (Å²) in [5, 5.41) is 2.88. The maximum absolute atomic E-state index is 12.6. The van der Waals surface area contributed by atoms with Crippen LogP contribution < -0.4 is 14.8 Å². The molecule has 0 aliphatic carbocycles. The van der Waals surface area contributed by atoms with Crippen molar-refractivity contribution in [2.24, 2.45) is 0 Å². The molecule has 0 atom stereocenters. The zero-order chi connectivity index (χ0) is 18.4. The summed E-state index contributed by atoms with van der Waals surface area (Å²) in [6.07, 6.45) is 0.269. The van der Waals surface area contributed by atoms with Crippen LogP contribution in [0.15, 0.2) is 18.2 Å². The molecule has 1 aromatic rings. The Hall–Kier alpha value is -2.44. The van der Waals surface area contributed by atoms with Crippen LogP contribution >= 0.6 is 0 Å². The van der Waals surface area contributed by atoms with Gasteiger partial charge in [0.15, 0.2) is 0 Å². The fourth-order valence-corrected chi connectivity index (χ4v) is 2.77. The minimum atomic E-state index is -0.0704. The van der Waals surface area contributed by atoms with Crippen molar-refractivity contribution < 1.29 is 19.1 Å². The van der Waals surface area contributed by atoms with Crippen LogP contribution in [0.2, 0.25) is 0 Å². The van der Waals surface area contributed by atoms with Gasteiger partial charge < -0.3 is 24.6 Å². The molecule has 0 radical (unpaired) electrons. The van der Waals surface area contributed by atoms with E-state index in [0.29, 0.717) is 37.7 Å². The molecule has 0 bridgehead atoms. The lowest BCUT2D eigenvalue weighted by Gasteiger charge is -2.35. The van der Waals surface area contributed by atoms with Crippen LogP contribution in [0, 0.1) is 0 Å². The Morgan fingerprint density at radius 3 is 2.28 bits per heavy atom. The van der Waals surface area contributed by atoms with Crippen molar-refractivity contribution in [3.63, 3.8) is 0 Å². The third kappa shape index (κ3) is 5.01. The lowest BCUT2D eigenvalue weighted by atomic mass is 10.1. The van der Waals surface area contributed by atoms with Gasteiger partial charge in [-0.25, -0.2) is 4.79 Å². The molecule has 1 saturated heterocycles. The molecule has 1 aliphatic rings. The van der Waals surface area contributed by atoms with Crippen molar-refractivity contribution >= 4 is 11.9 Å². The van der Waals surface area contributed by atoms with Gasteiger partial charge in [-0.3, -0.25) is 4.79 Å². The lowest BCUT2D eigenvalue weighted by molar-refractivity contribution is -0.131. The molecule has 0 spiro atoms. The van der Waals surface area contributed by atoms with E-state index in [4.69, 9.17) is 9.47 Å². The second kappa shape index (κ2) is 8.60. The van der Waals surface area contributed by atoms with E-state index in [1.54, 1.807) is 30.1 Å². The van der Waals surface area contributed by atoms with E-state index in [-0.39, 0.29) is 24.4 Å². The Morgan fingerprint density at radius 2 is 1.72 bits per heavy atom. The molecule has 0 aromatic heterocycles. The molecule has 1 fully saturated rings. The third-order valence-corrected chi connectivity index (χ3v) is 4.17. The molecule has 25 heavy (non-hydrogen) atoms. The van der Waals surface area contributed by atoms with Crippen molar-refractivity contribution in [2.75, 3.05) is 40.4 Å². The van der Waals surface area contributed by atoms with Crippen LogP contribution in [0.3, 0.4) is 0 Å². The van der Waals surface area contributed by atoms with Crippen molar-refractivity contribution in [2.45, 2.75) is 26.3 Å². The monoisotopic (exact) mass is 349 g/mol. The number of urea groups is 1. The standard InChI is InChI=1S/C18H27N3O4/c1-13(2)19-18(23)21-9-7-20(8-10-21)17(22)11-14-5-6-15(24-3)12-16(14)25-4/h5-6,12-13H,7-11H2,1-4H3,(H,19,23). The summed E-state index contributed by atoms with van der Waals surface area (Å²) in [6, 6.07) is 5.48. The van der Waals surface area contributed by atoms with Crippen molar-refractivity contribution in [3.8, 4) is 11.5 Å². The quantitative estimate of drug-likeness (QED) is 0.875. The number of methoxy groups -OCH3 is 2. The summed E-state index contributed by atoms with van der Waals surface area (Å²) < 4.78 is 10.5. The van der Waals surface area contributed by atoms with E-state index >= 15 is 0 Å². The number of ether oxygens (including phenoxy) is 2. The van der Waals surface area contributed by atoms with Gasteiger partial charge in [0.05, 0.1) is 20.6 Å². The normalized spacial score (nSPS) is 14.4. The van der Waals surface area contributed by atoms with Crippen molar-refractivity contribution in [1.82, 2.24) is 15.1 Å². The molecule has 7 nitrogen and oxygen atoms in total. The molecular weight excluding hydrogens is 322 g/mol. The smallest absolute Gasteiger partial charge is 0.317 e. The second-order valence-electron chi connectivity index (χ2n) is 6.33. The molecule has 0 unspecified atom stereocenters. The van der Waals surface area contributed by atoms with Gasteiger partial charge in [-0.15, -0.1) is 0 Å². The Bertz CT molecular complexity index is 610. The Kier molecular flexibility index (Phi) is 6.50. The number of hydrogen-bond acceptors (Lipinski definition) is 4. The number of rotatable bonds is 5. The number of nitrogens with one attached hydrogen (secondary N) is 1. The average molecular weight is 349 g/mol. The number of nitrogens with zero attached hydrogens (tertiary/aromatic N) is 2. The maximum atomic E-state index is 12.6. The van der Waals surface area contributed by atoms with Gasteiger partial charge in [-0.05, 0) is 19.9 Å². The number of amides is 3. The number of piperazine rings is 1. The van der Waals surface area contributed by atoms with E-state index < -0.39 is 0 Å². The van der Waals surface area contributed by atoms with Gasteiger partial charge in [0.25, 0.3) is 0 Å². The third-order valence-electron chi connectivity index (χ3n) is 4.17. The Balaban J connectivity index is 1.92. The summed E-state index contributed by atoms with van der Waals surface area (Å²) in [7, 11) is 3.17. The molecule has 1 aromatic carbocycles. The fourth-order valence-electron chi connectivity index (χ4n) is 2.77. The maximum Gasteiger partial charge on any atom is 0.317 e. The zero-order valence-corrected chi connectivity index (χ0v) is 15.4. The predicted molar refractivity (Wildman–Crippen MR) is 95.1 cm³/mol. The molecule has 3 amide bonds. The molecular formula is C18H27N3O4. The molecule has 0 saturated carbocycles. The van der Waals surface area contributed by atoms with E-state index in [1.807, 2.05) is 26.0 Å². The Morgan fingerprint density at radius 1 is 1.08 bits per heavy atom. The van der Waals surface area contributed by atoms with E-state index in [1.165, 1.54) is 0 Å². The number of carbonyl (C=O) groups is 2. The number of carbonyl (C=O) groups excluding carboxylic acids is 2. The molecule has 7 heteroatoms. The fraction of sp³-hybridized carbons (Fsp3) is 0.556. The first kappa shape index (κ1) is 18.9. The van der Waals surface area contributed by atoms with Gasteiger partial charge >= 0.3 is 6.03 Å². The average Bonchev–Trinajstić information content (AvgIpc) is 2.61. The van der Waals surface area contributed by atoms with Crippen LogP contribution in [0.25, 0.3) is 0 Å². The van der Waals surface area contributed by atoms with Gasteiger partial charge in [0, 0.05) is 43.9 Å². The second-order valence-corrected chi connectivity index (χ2v) is 6.33. The highest BCUT2D eigenvalue weighted by molar-refractivity contribution is 5.80. The minimum Gasteiger partial charge on any atom is -0.497 e. The van der Waals surface area contributed by atoms with Gasteiger partial charge in [0.1, 0.15) is 11.5 Å². The van der Waals surface area contributed by atoms with E-state index in [0.717, 1.165) is 5.56 Å². The van der Waals surface area contributed by atoms with E-state index in [2.05, 4.69) is 5.32 Å². The number of hydrogen-bond donors (Lipinski definition) is 1. The Labute approximate surface area is 148 Å². The van der Waals surface area contributed by atoms with Crippen LogP contribution in [-0.2, 0) is 11.2 Å². The summed E-state index contributed by atoms with van der Waals surface area (Å²) in [4.78, 5) is 28.1. The van der Waals surface area contributed by atoms with Gasteiger partial charge in [-0.2, -0.15) is 0 Å². The van der Waals surface area contributed by atoms with Crippen LogP contribution in [0.1, 0.15) is 19.4 Å². The van der Waals surface area contributed by atoms with Crippen LogP contribution in [0.5, 0.6) is 11.5 Å². The first-order valence-electron chi connectivity index (χ1n) is 8.48. The highest BCUT2D eigenvalue weighted by atomic mass is 16.5. The zero-order valence-electron chi connectivity index (χ0n) is 15.4. The van der Waals surface area contributed by atoms with Gasteiger partial charge in [-0.1, -0.05) is 6.07 Å². The first-order valence-corrected chi connectivity index (χ1v) is 8.48. The highest BCUT2D eigenvalue weighted by Crippen LogP contribution is 2.25. The van der Waals surface area contributed by atoms with Crippen LogP contribution in [-0.4, -0.2) is 68.2 Å². The predicted octanol–water partition coefficient (Wildman–Crippen LogP) is 1.51. The summed E-state index contributed by atoms with van der Waals surface area (Å²) >= 11 is 0. The first-order chi connectivity index (χ1) is 11.9. The van der Waals surface area contributed by atoms with Gasteiger partial charge in [0.2, 0.25) is 5.91 Å². The van der Waals surface area contributed by atoms with Crippen molar-refractivity contribution in [1.29, 1.82) is 0 Å². The van der Waals surface area contributed by atoms with Crippen LogP contribution in [0.4, 0.5) is 4.79 Å². The lowest BCUT2D eigenvalue weighted by Crippen LogP contribution is -2.54. The summed E-state index contributed by atoms with van der Waals surface area (Å²) in [5.74, 6) is 1.37. The molecule has 1 N–H and O–H groups in total.